The van der Waals surface area contributed by atoms with Crippen molar-refractivity contribution in [2.24, 2.45) is 0 Å². The Morgan fingerprint density at radius 1 is 1.67 bits per heavy atom. The molecule has 0 amide bonds. The molecule has 0 heterocycles. The first-order valence-corrected chi connectivity index (χ1v) is 0.814. The molecule has 0 bridgehead atoms. The van der Waals surface area contributed by atoms with Gasteiger partial charge in [0, 0.05) is 37.3 Å². The minimum atomic E-state index is -1.69. The molecule has 6 heavy (non-hydrogen) atoms. The van der Waals surface area contributed by atoms with Gasteiger partial charge in [-0.2, -0.15) is 5.26 Å². The van der Waals surface area contributed by atoms with Gasteiger partial charge in [0.15, 0.2) is 0 Å². The Balaban J connectivity index is 0. The Bertz CT molecular complexity index is 42.8. The first-order chi connectivity index (χ1) is 2.27. The summed E-state index contributed by atoms with van der Waals surface area (Å²) in [6, 6.07) is 0. The van der Waals surface area contributed by atoms with Crippen molar-refractivity contribution < 1.29 is 57.4 Å². The van der Waals surface area contributed by atoms with Crippen LogP contribution in [0.1, 0.15) is 0 Å². The second-order valence-corrected chi connectivity index (χ2v) is 0.357. The van der Waals surface area contributed by atoms with Gasteiger partial charge in [-0.15, -0.1) is 0 Å². The quantitative estimate of drug-likeness (QED) is 0.471. The Kier molecular flexibility index (Phi) is 8.85. The third-order valence-electron chi connectivity index (χ3n) is 0.0781. The van der Waals surface area contributed by atoms with Gasteiger partial charge in [-0.25, -0.2) is 4.79 Å². The zero-order valence-corrected chi connectivity index (χ0v) is 4.35. The molecule has 42 valence electrons. The molecule has 0 fully saturated rings. The van der Waals surface area contributed by atoms with E-state index in [0.717, 1.165) is 0 Å². The molecule has 4 nitrogen and oxygen atoms in total. The molecule has 0 atom stereocenters. The predicted octanol–water partition coefficient (Wildman–Crippen LogP) is 0.154. The van der Waals surface area contributed by atoms with Gasteiger partial charge in [0.2, 0.25) is 0 Å². The van der Waals surface area contributed by atoms with Crippen LogP contribution in [0.5, 0.6) is 0 Å². The molecule has 0 radical (unpaired) electrons. The Hall–Kier alpha value is 0.477. The van der Waals surface area contributed by atoms with E-state index in [4.69, 9.17) is 15.2 Å². The summed E-state index contributed by atoms with van der Waals surface area (Å²) in [5, 5.41) is 14.3. The first kappa shape index (κ1) is 9.69. The summed E-state index contributed by atoms with van der Waals surface area (Å²) in [6.07, 6.45) is -1.69. The molecule has 0 saturated heterocycles. The summed E-state index contributed by atoms with van der Waals surface area (Å²) in [5.74, 6) is 0. The van der Waals surface area contributed by atoms with E-state index in [-0.39, 0.29) is 37.3 Å². The fourth-order valence-corrected chi connectivity index (χ4v) is 0. The molecular weight excluding hydrogens is 243 g/mol. The zero-order valence-electron chi connectivity index (χ0n) is 2.50. The van der Waals surface area contributed by atoms with Crippen LogP contribution in [0.3, 0.4) is 0 Å². The minimum absolute atomic E-state index is 0. The first-order valence-electron chi connectivity index (χ1n) is 0.814. The van der Waals surface area contributed by atoms with Gasteiger partial charge in [0.25, 0.3) is 0 Å². The van der Waals surface area contributed by atoms with E-state index in [1.807, 2.05) is 0 Å². The summed E-state index contributed by atoms with van der Waals surface area (Å²) < 4.78 is 0. The number of rotatable bonds is 0. The summed E-state index contributed by atoms with van der Waals surface area (Å²) >= 11 is 0. The summed E-state index contributed by atoms with van der Waals surface area (Å²) in [4.78, 5) is 11.6. The maximum Gasteiger partial charge on any atom is 0.537 e. The van der Waals surface area contributed by atoms with Crippen LogP contribution < -0.4 is 0 Å². The van der Waals surface area contributed by atoms with Gasteiger partial charge in [0.05, 0.1) is 0 Å². The van der Waals surface area contributed by atoms with E-state index < -0.39 is 6.16 Å². The van der Waals surface area contributed by atoms with E-state index in [0.29, 0.717) is 0 Å². The summed E-state index contributed by atoms with van der Waals surface area (Å²) in [7, 11) is 0. The SMILES string of the molecule is O=C(O)OO.[Er]. The Morgan fingerprint density at radius 3 is 1.83 bits per heavy atom. The average Bonchev–Trinajstić information content (AvgIpc) is 1.38. The second-order valence-electron chi connectivity index (χ2n) is 0.357. The summed E-state index contributed by atoms with van der Waals surface area (Å²) in [5.41, 5.74) is 0. The predicted molar refractivity (Wildman–Crippen MR) is 11.7 cm³/mol. The van der Waals surface area contributed by atoms with Crippen LogP contribution in [0.4, 0.5) is 4.79 Å². The van der Waals surface area contributed by atoms with Crippen LogP contribution in [-0.2, 0) is 4.89 Å². The van der Waals surface area contributed by atoms with Gasteiger partial charge in [-0.3, -0.25) is 4.89 Å². The molecular formula is CH2ErO4. The van der Waals surface area contributed by atoms with Crippen molar-refractivity contribution in [3.05, 3.63) is 0 Å². The monoisotopic (exact) mass is 244 g/mol. The summed E-state index contributed by atoms with van der Waals surface area (Å²) in [6.45, 7) is 0. The van der Waals surface area contributed by atoms with Crippen LogP contribution in [0.25, 0.3) is 0 Å². The van der Waals surface area contributed by atoms with E-state index >= 15 is 0 Å². The molecule has 0 aliphatic carbocycles. The van der Waals surface area contributed by atoms with Crippen molar-refractivity contribution in [1.82, 2.24) is 0 Å². The van der Waals surface area contributed by atoms with Gasteiger partial charge in [0.1, 0.15) is 0 Å². The molecule has 2 N–H and O–H groups in total. The Labute approximate surface area is 63.2 Å². The molecule has 5 heteroatoms. The number of carbonyl (C=O) groups is 1. The van der Waals surface area contributed by atoms with Crippen LogP contribution in [0, 0.1) is 37.3 Å². The van der Waals surface area contributed by atoms with E-state index in [1.165, 1.54) is 0 Å². The fourth-order valence-electron chi connectivity index (χ4n) is 0. The van der Waals surface area contributed by atoms with Crippen LogP contribution in [-0.4, -0.2) is 16.5 Å². The maximum atomic E-state index is 8.90. The molecule has 0 saturated carbocycles. The third kappa shape index (κ3) is 8.82. The molecule has 0 aromatic carbocycles. The average molecular weight is 245 g/mol. The van der Waals surface area contributed by atoms with Crippen molar-refractivity contribution in [2.45, 2.75) is 0 Å². The normalized spacial score (nSPS) is 5.50. The molecule has 0 aliphatic heterocycles. The maximum absolute atomic E-state index is 8.90. The fraction of sp³-hybridized carbons (Fsp3) is 0. The van der Waals surface area contributed by atoms with E-state index in [1.54, 1.807) is 0 Å². The molecule has 0 aliphatic rings. The molecule has 0 aromatic rings. The Morgan fingerprint density at radius 2 is 1.83 bits per heavy atom. The van der Waals surface area contributed by atoms with Crippen LogP contribution >= 0.6 is 0 Å². The second kappa shape index (κ2) is 5.48. The molecule has 0 rings (SSSR count). The van der Waals surface area contributed by atoms with Crippen LogP contribution in [0.15, 0.2) is 0 Å². The van der Waals surface area contributed by atoms with Gasteiger partial charge >= 0.3 is 6.16 Å². The number of carboxylic acid groups (broad SMARTS) is 1. The van der Waals surface area contributed by atoms with Gasteiger partial charge in [-0.05, 0) is 0 Å². The van der Waals surface area contributed by atoms with Crippen molar-refractivity contribution in [3.8, 4) is 0 Å². The van der Waals surface area contributed by atoms with Gasteiger partial charge in [-0.1, -0.05) is 0 Å². The van der Waals surface area contributed by atoms with E-state index in [2.05, 4.69) is 4.89 Å². The topological polar surface area (TPSA) is 66.8 Å². The van der Waals surface area contributed by atoms with Crippen molar-refractivity contribution in [1.29, 1.82) is 0 Å². The smallest absolute Gasteiger partial charge is 0.448 e. The zero-order chi connectivity index (χ0) is 4.28. The molecule has 0 aromatic heterocycles. The molecule has 0 unspecified atom stereocenters. The third-order valence-corrected chi connectivity index (χ3v) is 0.0781. The van der Waals surface area contributed by atoms with Crippen molar-refractivity contribution in [3.63, 3.8) is 0 Å². The standard InChI is InChI=1S/CH2O4.Er/c2-1(3)5-4;/h4H,(H,2,3);. The number of hydrogen-bond donors (Lipinski definition) is 2. The number of hydrogen-bond acceptors (Lipinski definition) is 3. The minimum Gasteiger partial charge on any atom is -0.448 e. The largest absolute Gasteiger partial charge is 0.537 e. The molecule has 0 spiro atoms. The van der Waals surface area contributed by atoms with Crippen molar-refractivity contribution in [2.75, 3.05) is 0 Å². The van der Waals surface area contributed by atoms with Crippen LogP contribution in [0.2, 0.25) is 0 Å². The van der Waals surface area contributed by atoms with E-state index in [9.17, 15) is 0 Å². The van der Waals surface area contributed by atoms with Crippen molar-refractivity contribution >= 4 is 6.16 Å². The van der Waals surface area contributed by atoms with Gasteiger partial charge < -0.3 is 5.11 Å².